The van der Waals surface area contributed by atoms with Crippen LogP contribution < -0.4 is 5.32 Å². The lowest BCUT2D eigenvalue weighted by Crippen LogP contribution is -2.71. The van der Waals surface area contributed by atoms with Crippen LogP contribution in [0.2, 0.25) is 0 Å². The zero-order chi connectivity index (χ0) is 30.0. The molecular weight excluding hydrogens is 536 g/mol. The van der Waals surface area contributed by atoms with Crippen LogP contribution in [0.4, 0.5) is 8.78 Å². The first-order valence-electron chi connectivity index (χ1n) is 13.5. The second-order valence-corrected chi connectivity index (χ2v) is 11.5. The van der Waals surface area contributed by atoms with Crippen molar-refractivity contribution < 1.29 is 57.0 Å². The van der Waals surface area contributed by atoms with Crippen LogP contribution in [-0.4, -0.2) is 97.7 Å². The molecule has 0 spiro atoms. The lowest BCUT2D eigenvalue weighted by molar-refractivity contribution is -0.372. The summed E-state index contributed by atoms with van der Waals surface area (Å²) in [6.45, 7) is 9.77. The standard InChI is InChI=1S/C27H43F2NO10/c1-14-12-26(36-7,40-16(3)15(14)2)21(33)23(34)30-24-20-22(37-13-38-24)27(28,29)25(4,5)18(39-20)11-17(31)9-8-10-19(32)35-6/h15-18,20-22,24,31,33H,1,8-13H2,2-7H3,(H,30,34)/t15?,16?,17?,18?,20-,21?,22-,24-,26+/m0/s1. The van der Waals surface area contributed by atoms with Crippen LogP contribution in [0.1, 0.15) is 59.8 Å². The summed E-state index contributed by atoms with van der Waals surface area (Å²) in [5.74, 6) is -6.62. The number of halogens is 2. The van der Waals surface area contributed by atoms with E-state index in [4.69, 9.17) is 23.7 Å². The highest BCUT2D eigenvalue weighted by Gasteiger charge is 2.67. The number of hydrogen-bond donors (Lipinski definition) is 3. The van der Waals surface area contributed by atoms with Crippen LogP contribution in [0.5, 0.6) is 0 Å². The molecule has 0 aliphatic carbocycles. The molecule has 3 heterocycles. The molecule has 3 saturated heterocycles. The molecule has 0 saturated carbocycles. The van der Waals surface area contributed by atoms with Crippen molar-refractivity contribution in [3.8, 4) is 0 Å². The van der Waals surface area contributed by atoms with E-state index in [1.54, 1.807) is 6.92 Å². The fourth-order valence-electron chi connectivity index (χ4n) is 5.43. The molecule has 5 unspecified atom stereocenters. The molecule has 9 atom stereocenters. The predicted molar refractivity (Wildman–Crippen MR) is 136 cm³/mol. The van der Waals surface area contributed by atoms with E-state index in [0.29, 0.717) is 6.42 Å². The molecule has 3 aliphatic heterocycles. The fraction of sp³-hybridized carbons (Fsp3) is 0.852. The van der Waals surface area contributed by atoms with Crippen molar-refractivity contribution in [1.82, 2.24) is 5.32 Å². The largest absolute Gasteiger partial charge is 0.469 e. The van der Waals surface area contributed by atoms with E-state index in [0.717, 1.165) is 5.57 Å². The van der Waals surface area contributed by atoms with Crippen molar-refractivity contribution in [3.05, 3.63) is 12.2 Å². The molecular formula is C27H43F2NO10. The van der Waals surface area contributed by atoms with Gasteiger partial charge in [-0.15, -0.1) is 0 Å². The maximum atomic E-state index is 15.8. The molecule has 3 N–H and O–H groups in total. The Hall–Kier alpha value is -1.74. The van der Waals surface area contributed by atoms with Crippen LogP contribution >= 0.6 is 0 Å². The van der Waals surface area contributed by atoms with Crippen molar-refractivity contribution in [1.29, 1.82) is 0 Å². The molecule has 230 valence electrons. The lowest BCUT2D eigenvalue weighted by atomic mass is 9.71. The third-order valence-corrected chi connectivity index (χ3v) is 8.57. The van der Waals surface area contributed by atoms with Gasteiger partial charge < -0.3 is 44.0 Å². The Balaban J connectivity index is 1.75. The number of fused-ring (bicyclic) bond motifs is 1. The summed E-state index contributed by atoms with van der Waals surface area (Å²) in [5.41, 5.74) is -1.04. The Kier molecular flexibility index (Phi) is 10.4. The summed E-state index contributed by atoms with van der Waals surface area (Å²) in [6, 6.07) is 0. The van der Waals surface area contributed by atoms with Gasteiger partial charge in [0.25, 0.3) is 11.8 Å². The number of rotatable bonds is 10. The Labute approximate surface area is 233 Å². The quantitative estimate of drug-likeness (QED) is 0.260. The number of carbonyl (C=O) groups is 2. The summed E-state index contributed by atoms with van der Waals surface area (Å²) < 4.78 is 64.3. The van der Waals surface area contributed by atoms with Gasteiger partial charge in [-0.05, 0) is 19.8 Å². The van der Waals surface area contributed by atoms with Crippen molar-refractivity contribution in [2.45, 2.75) is 114 Å². The van der Waals surface area contributed by atoms with Crippen LogP contribution in [-0.2, 0) is 38.0 Å². The van der Waals surface area contributed by atoms with Gasteiger partial charge in [0.05, 0.1) is 30.8 Å². The Morgan fingerprint density at radius 2 is 1.88 bits per heavy atom. The second-order valence-electron chi connectivity index (χ2n) is 11.5. The van der Waals surface area contributed by atoms with Gasteiger partial charge in [-0.25, -0.2) is 8.78 Å². The molecule has 3 aliphatic rings. The van der Waals surface area contributed by atoms with Gasteiger partial charge in [0, 0.05) is 32.3 Å². The Morgan fingerprint density at radius 3 is 2.48 bits per heavy atom. The summed E-state index contributed by atoms with van der Waals surface area (Å²) in [5, 5.41) is 24.0. The Morgan fingerprint density at radius 1 is 1.20 bits per heavy atom. The molecule has 40 heavy (non-hydrogen) atoms. The minimum Gasteiger partial charge on any atom is -0.469 e. The van der Waals surface area contributed by atoms with Crippen LogP contribution in [0.15, 0.2) is 12.2 Å². The monoisotopic (exact) mass is 579 g/mol. The van der Waals surface area contributed by atoms with E-state index in [2.05, 4.69) is 16.6 Å². The minimum atomic E-state index is -3.44. The van der Waals surface area contributed by atoms with Crippen molar-refractivity contribution in [2.24, 2.45) is 11.3 Å². The molecule has 1 amide bonds. The number of methoxy groups -OCH3 is 2. The van der Waals surface area contributed by atoms with E-state index in [1.165, 1.54) is 28.1 Å². The van der Waals surface area contributed by atoms with E-state index in [9.17, 15) is 19.8 Å². The first kappa shape index (κ1) is 32.8. The summed E-state index contributed by atoms with van der Waals surface area (Å²) in [7, 11) is 2.55. The normalized spacial score (nSPS) is 36.7. The molecule has 0 aromatic heterocycles. The topological polar surface area (TPSA) is 142 Å². The number of alkyl halides is 2. The van der Waals surface area contributed by atoms with Crippen LogP contribution in [0, 0.1) is 11.3 Å². The smallest absolute Gasteiger partial charge is 0.305 e. The Bertz CT molecular complexity index is 933. The summed E-state index contributed by atoms with van der Waals surface area (Å²) >= 11 is 0. The molecule has 0 radical (unpaired) electrons. The number of amides is 1. The first-order valence-corrected chi connectivity index (χ1v) is 13.5. The number of aliphatic hydroxyl groups excluding tert-OH is 2. The molecule has 13 heteroatoms. The van der Waals surface area contributed by atoms with E-state index < -0.39 is 78.6 Å². The van der Waals surface area contributed by atoms with E-state index >= 15 is 8.78 Å². The number of carbonyl (C=O) groups excluding carboxylic acids is 2. The summed E-state index contributed by atoms with van der Waals surface area (Å²) in [6.07, 6.45) is -8.64. The second kappa shape index (κ2) is 12.6. The van der Waals surface area contributed by atoms with E-state index in [1.807, 2.05) is 6.92 Å². The number of esters is 1. The van der Waals surface area contributed by atoms with Crippen molar-refractivity contribution >= 4 is 11.9 Å². The third kappa shape index (κ3) is 6.35. The van der Waals surface area contributed by atoms with Gasteiger partial charge in [-0.2, -0.15) is 0 Å². The average molecular weight is 580 g/mol. The van der Waals surface area contributed by atoms with Crippen molar-refractivity contribution in [2.75, 3.05) is 21.0 Å². The summed E-state index contributed by atoms with van der Waals surface area (Å²) in [4.78, 5) is 24.6. The molecule has 3 rings (SSSR count). The third-order valence-electron chi connectivity index (χ3n) is 8.57. The number of ether oxygens (including phenoxy) is 6. The highest BCUT2D eigenvalue weighted by molar-refractivity contribution is 5.82. The zero-order valence-corrected chi connectivity index (χ0v) is 24.0. The maximum absolute atomic E-state index is 15.8. The van der Waals surface area contributed by atoms with Gasteiger partial charge in [0.2, 0.25) is 5.79 Å². The van der Waals surface area contributed by atoms with Crippen LogP contribution in [0.25, 0.3) is 0 Å². The number of nitrogens with one attached hydrogen (secondary N) is 1. The van der Waals surface area contributed by atoms with Gasteiger partial charge in [0.1, 0.15) is 12.9 Å². The average Bonchev–Trinajstić information content (AvgIpc) is 2.90. The predicted octanol–water partition coefficient (Wildman–Crippen LogP) is 2.03. The van der Waals surface area contributed by atoms with Gasteiger partial charge in [0.15, 0.2) is 18.4 Å². The highest BCUT2D eigenvalue weighted by Crippen LogP contribution is 2.52. The minimum absolute atomic E-state index is 0.0351. The fourth-order valence-corrected chi connectivity index (χ4v) is 5.43. The van der Waals surface area contributed by atoms with Gasteiger partial charge >= 0.3 is 5.97 Å². The first-order chi connectivity index (χ1) is 18.6. The van der Waals surface area contributed by atoms with E-state index in [-0.39, 0.29) is 31.6 Å². The molecule has 11 nitrogen and oxygen atoms in total. The highest BCUT2D eigenvalue weighted by atomic mass is 19.3. The SMILES string of the molecule is C=C1C[C@](OC)(C(O)C(=O)N[C@H]2OCO[C@H]3[C@@H]2OC(CC(O)CCCC(=O)OC)C(C)(C)C3(F)F)OC(C)C1C. The van der Waals surface area contributed by atoms with Gasteiger partial charge in [-0.3, -0.25) is 9.59 Å². The van der Waals surface area contributed by atoms with Crippen LogP contribution in [0.3, 0.4) is 0 Å². The molecule has 0 aromatic rings. The zero-order valence-electron chi connectivity index (χ0n) is 24.0. The van der Waals surface area contributed by atoms with Crippen molar-refractivity contribution in [3.63, 3.8) is 0 Å². The molecule has 3 fully saturated rings. The molecule has 0 bridgehead atoms. The maximum Gasteiger partial charge on any atom is 0.305 e. The molecule has 0 aromatic carbocycles. The van der Waals surface area contributed by atoms with Gasteiger partial charge in [-0.1, -0.05) is 32.9 Å². The number of aliphatic hydroxyl groups is 2. The lowest BCUT2D eigenvalue weighted by Gasteiger charge is -2.54. The number of hydrogen-bond acceptors (Lipinski definition) is 10.